The minimum Gasteiger partial charge on any atom is -0.324 e. The number of unbranched alkanes of at least 4 members (excludes halogenated alkanes) is 1. The van der Waals surface area contributed by atoms with E-state index in [1.54, 1.807) is 0 Å². The summed E-state index contributed by atoms with van der Waals surface area (Å²) >= 11 is 0. The zero-order valence-electron chi connectivity index (χ0n) is 10.7. The molecule has 1 rings (SSSR count). The highest BCUT2D eigenvalue weighted by Crippen LogP contribution is 2.26. The zero-order chi connectivity index (χ0) is 12.0. The number of nitrogens with two attached hydrogens (primary N) is 1. The topological polar surface area (TPSA) is 38.9 Å². The molecule has 16 heavy (non-hydrogen) atoms. The second kappa shape index (κ2) is 6.64. The number of hydrogen-bond acceptors (Lipinski definition) is 2. The van der Waals surface area contributed by atoms with Gasteiger partial charge in [-0.2, -0.15) is 0 Å². The molecule has 0 saturated heterocycles. The molecule has 0 aliphatic heterocycles. The SMILES string of the molecule is CCCCC(CC)C(N)c1ccc(C)nc1. The van der Waals surface area contributed by atoms with Crippen LogP contribution in [0.5, 0.6) is 0 Å². The third-order valence-corrected chi connectivity index (χ3v) is 3.28. The average molecular weight is 220 g/mol. The monoisotopic (exact) mass is 220 g/mol. The Kier molecular flexibility index (Phi) is 5.47. The molecular formula is C14H24N2. The number of pyridine rings is 1. The predicted molar refractivity (Wildman–Crippen MR) is 69.2 cm³/mol. The summed E-state index contributed by atoms with van der Waals surface area (Å²) in [5.74, 6) is 0.587. The summed E-state index contributed by atoms with van der Waals surface area (Å²) < 4.78 is 0. The van der Waals surface area contributed by atoms with Crippen molar-refractivity contribution < 1.29 is 0 Å². The third kappa shape index (κ3) is 3.60. The molecule has 1 heterocycles. The minimum atomic E-state index is 0.143. The largest absolute Gasteiger partial charge is 0.324 e. The van der Waals surface area contributed by atoms with E-state index in [-0.39, 0.29) is 6.04 Å². The normalized spacial score (nSPS) is 14.8. The molecule has 1 aromatic rings. The van der Waals surface area contributed by atoms with Crippen LogP contribution in [-0.4, -0.2) is 4.98 Å². The van der Waals surface area contributed by atoms with Gasteiger partial charge in [0.2, 0.25) is 0 Å². The standard InChI is InChI=1S/C14H24N2/c1-4-6-7-12(5-2)14(15)13-9-8-11(3)16-10-13/h8-10,12,14H,4-7,15H2,1-3H3. The van der Waals surface area contributed by atoms with Gasteiger partial charge in [0.05, 0.1) is 0 Å². The van der Waals surface area contributed by atoms with Crippen LogP contribution in [0.4, 0.5) is 0 Å². The van der Waals surface area contributed by atoms with Crippen LogP contribution < -0.4 is 5.73 Å². The van der Waals surface area contributed by atoms with Crippen LogP contribution in [0.3, 0.4) is 0 Å². The summed E-state index contributed by atoms with van der Waals surface area (Å²) in [5.41, 5.74) is 8.53. The molecule has 0 spiro atoms. The highest BCUT2D eigenvalue weighted by atomic mass is 14.7. The van der Waals surface area contributed by atoms with Crippen LogP contribution in [0.15, 0.2) is 18.3 Å². The number of hydrogen-bond donors (Lipinski definition) is 1. The highest BCUT2D eigenvalue weighted by Gasteiger charge is 2.17. The molecule has 0 amide bonds. The van der Waals surface area contributed by atoms with Crippen molar-refractivity contribution in [3.05, 3.63) is 29.6 Å². The highest BCUT2D eigenvalue weighted by molar-refractivity contribution is 5.17. The molecular weight excluding hydrogens is 196 g/mol. The van der Waals surface area contributed by atoms with Crippen molar-refractivity contribution in [2.24, 2.45) is 11.7 Å². The van der Waals surface area contributed by atoms with Gasteiger partial charge in [-0.15, -0.1) is 0 Å². The lowest BCUT2D eigenvalue weighted by Gasteiger charge is -2.22. The maximum absolute atomic E-state index is 6.30. The van der Waals surface area contributed by atoms with Gasteiger partial charge < -0.3 is 5.73 Å². The van der Waals surface area contributed by atoms with Crippen molar-refractivity contribution in [3.63, 3.8) is 0 Å². The molecule has 90 valence electrons. The van der Waals surface area contributed by atoms with Gasteiger partial charge in [0, 0.05) is 17.9 Å². The number of aryl methyl sites for hydroxylation is 1. The molecule has 1 aromatic heterocycles. The number of nitrogens with zero attached hydrogens (tertiary/aromatic N) is 1. The van der Waals surface area contributed by atoms with Gasteiger partial charge in [-0.25, -0.2) is 0 Å². The smallest absolute Gasteiger partial charge is 0.0372 e. The summed E-state index contributed by atoms with van der Waals surface area (Å²) in [6.07, 6.45) is 6.81. The van der Waals surface area contributed by atoms with Gasteiger partial charge in [-0.05, 0) is 30.9 Å². The summed E-state index contributed by atoms with van der Waals surface area (Å²) in [6, 6.07) is 4.30. The molecule has 2 atom stereocenters. The van der Waals surface area contributed by atoms with Gasteiger partial charge >= 0.3 is 0 Å². The van der Waals surface area contributed by atoms with Gasteiger partial charge in [-0.3, -0.25) is 4.98 Å². The van der Waals surface area contributed by atoms with Crippen molar-refractivity contribution in [1.82, 2.24) is 4.98 Å². The second-order valence-electron chi connectivity index (χ2n) is 4.57. The van der Waals surface area contributed by atoms with Gasteiger partial charge in [0.25, 0.3) is 0 Å². The first-order chi connectivity index (χ1) is 7.69. The molecule has 0 aliphatic carbocycles. The van der Waals surface area contributed by atoms with Crippen LogP contribution in [0.2, 0.25) is 0 Å². The Bertz CT molecular complexity index is 292. The number of aromatic nitrogens is 1. The van der Waals surface area contributed by atoms with Crippen LogP contribution in [0.25, 0.3) is 0 Å². The molecule has 0 aliphatic rings. The maximum Gasteiger partial charge on any atom is 0.0372 e. The molecule has 2 unspecified atom stereocenters. The Hall–Kier alpha value is -0.890. The third-order valence-electron chi connectivity index (χ3n) is 3.28. The quantitative estimate of drug-likeness (QED) is 0.795. The fourth-order valence-electron chi connectivity index (χ4n) is 2.05. The van der Waals surface area contributed by atoms with Crippen LogP contribution >= 0.6 is 0 Å². The van der Waals surface area contributed by atoms with Crippen molar-refractivity contribution in [3.8, 4) is 0 Å². The number of rotatable bonds is 6. The molecule has 2 nitrogen and oxygen atoms in total. The second-order valence-corrected chi connectivity index (χ2v) is 4.57. The Morgan fingerprint density at radius 3 is 2.56 bits per heavy atom. The maximum atomic E-state index is 6.30. The van der Waals surface area contributed by atoms with Crippen LogP contribution in [0, 0.1) is 12.8 Å². The summed E-state index contributed by atoms with van der Waals surface area (Å²) in [6.45, 7) is 6.46. The van der Waals surface area contributed by atoms with Crippen molar-refractivity contribution in [2.75, 3.05) is 0 Å². The van der Waals surface area contributed by atoms with Gasteiger partial charge in [-0.1, -0.05) is 39.2 Å². The Morgan fingerprint density at radius 2 is 2.06 bits per heavy atom. The first-order valence-corrected chi connectivity index (χ1v) is 6.37. The van der Waals surface area contributed by atoms with Crippen molar-refractivity contribution in [2.45, 2.75) is 52.5 Å². The minimum absolute atomic E-state index is 0.143. The molecule has 0 saturated carbocycles. The summed E-state index contributed by atoms with van der Waals surface area (Å²) in [4.78, 5) is 4.32. The lowest BCUT2D eigenvalue weighted by molar-refractivity contribution is 0.377. The van der Waals surface area contributed by atoms with Crippen LogP contribution in [0.1, 0.15) is 56.8 Å². The average Bonchev–Trinajstić information content (AvgIpc) is 2.30. The van der Waals surface area contributed by atoms with Gasteiger partial charge in [0.15, 0.2) is 0 Å². The van der Waals surface area contributed by atoms with Crippen molar-refractivity contribution >= 4 is 0 Å². The van der Waals surface area contributed by atoms with E-state index in [0.717, 1.165) is 12.1 Å². The van der Waals surface area contributed by atoms with E-state index in [4.69, 9.17) is 5.73 Å². The van der Waals surface area contributed by atoms with Crippen molar-refractivity contribution in [1.29, 1.82) is 0 Å². The Labute approximate surface area is 99.3 Å². The molecule has 2 heteroatoms. The fraction of sp³-hybridized carbons (Fsp3) is 0.643. The lowest BCUT2D eigenvalue weighted by atomic mass is 9.88. The molecule has 2 N–H and O–H groups in total. The summed E-state index contributed by atoms with van der Waals surface area (Å²) in [7, 11) is 0. The van der Waals surface area contributed by atoms with E-state index >= 15 is 0 Å². The molecule has 0 aromatic carbocycles. The lowest BCUT2D eigenvalue weighted by Crippen LogP contribution is -2.21. The van der Waals surface area contributed by atoms with E-state index in [1.165, 1.54) is 24.8 Å². The van der Waals surface area contributed by atoms with E-state index < -0.39 is 0 Å². The first kappa shape index (κ1) is 13.2. The molecule has 0 bridgehead atoms. The first-order valence-electron chi connectivity index (χ1n) is 6.37. The molecule has 0 fully saturated rings. The van der Waals surface area contributed by atoms with E-state index in [1.807, 2.05) is 19.2 Å². The Balaban J connectivity index is 2.66. The van der Waals surface area contributed by atoms with E-state index in [9.17, 15) is 0 Å². The molecule has 0 radical (unpaired) electrons. The van der Waals surface area contributed by atoms with Gasteiger partial charge in [0.1, 0.15) is 0 Å². The van der Waals surface area contributed by atoms with Crippen LogP contribution in [-0.2, 0) is 0 Å². The summed E-state index contributed by atoms with van der Waals surface area (Å²) in [5, 5.41) is 0. The zero-order valence-corrected chi connectivity index (χ0v) is 10.7. The fourth-order valence-corrected chi connectivity index (χ4v) is 2.05. The van der Waals surface area contributed by atoms with E-state index in [0.29, 0.717) is 5.92 Å². The van der Waals surface area contributed by atoms with E-state index in [2.05, 4.69) is 24.9 Å². The predicted octanol–water partition coefficient (Wildman–Crippen LogP) is 3.61. The Morgan fingerprint density at radius 1 is 1.31 bits per heavy atom.